The van der Waals surface area contributed by atoms with Gasteiger partial charge in [0.15, 0.2) is 0 Å². The van der Waals surface area contributed by atoms with E-state index in [-0.39, 0.29) is 11.1 Å². The average Bonchev–Trinajstić information content (AvgIpc) is 3.44. The van der Waals surface area contributed by atoms with Crippen LogP contribution in [0, 0.1) is 28.5 Å². The second-order valence-corrected chi connectivity index (χ2v) is 8.07. The van der Waals surface area contributed by atoms with Crippen molar-refractivity contribution in [2.45, 2.75) is 57.9 Å². The number of rotatable bonds is 6. The van der Waals surface area contributed by atoms with Crippen molar-refractivity contribution in [3.63, 3.8) is 0 Å². The molecule has 1 saturated carbocycles. The molecule has 1 aliphatic carbocycles. The van der Waals surface area contributed by atoms with E-state index in [0.717, 1.165) is 12.8 Å². The predicted molar refractivity (Wildman–Crippen MR) is 102 cm³/mol. The third-order valence-electron chi connectivity index (χ3n) is 6.16. The first-order valence-corrected chi connectivity index (χ1v) is 9.78. The van der Waals surface area contributed by atoms with Crippen molar-refractivity contribution in [3.8, 4) is 6.07 Å². The molecule has 1 aromatic carbocycles. The van der Waals surface area contributed by atoms with Gasteiger partial charge in [-0.3, -0.25) is 4.79 Å². The van der Waals surface area contributed by atoms with Crippen LogP contribution in [0.15, 0.2) is 29.5 Å². The molecular weight excluding hydrogens is 367 g/mol. The highest BCUT2D eigenvalue weighted by molar-refractivity contribution is 6.31. The molecule has 3 rings (SSSR count). The summed E-state index contributed by atoms with van der Waals surface area (Å²) < 4.78 is 13.6. The highest BCUT2D eigenvalue weighted by atomic mass is 35.5. The maximum absolute atomic E-state index is 13.6. The Hall–Kier alpha value is -2.06. The number of carboxylic acids is 1. The first-order valence-electron chi connectivity index (χ1n) is 9.40. The standard InChI is InChI=1S/C21H24ClFN2O2/c1-3-21(20(26)27)18(9-6-13-4-5-13)25-12(2)16(11-24)19(21)15-8-7-14(23)10-17(15)22/h7-8,10,13,18-19,25H,3-6,9H2,1-2H3,(H,26,27). The maximum Gasteiger partial charge on any atom is 0.312 e. The van der Waals surface area contributed by atoms with Gasteiger partial charge in [0, 0.05) is 22.7 Å². The number of nitrogens with zero attached hydrogens (tertiary/aromatic N) is 1. The van der Waals surface area contributed by atoms with Crippen molar-refractivity contribution in [2.75, 3.05) is 0 Å². The topological polar surface area (TPSA) is 73.1 Å². The molecule has 4 nitrogen and oxygen atoms in total. The van der Waals surface area contributed by atoms with Crippen molar-refractivity contribution in [2.24, 2.45) is 11.3 Å². The van der Waals surface area contributed by atoms with Crippen molar-refractivity contribution < 1.29 is 14.3 Å². The van der Waals surface area contributed by atoms with Crippen LogP contribution in [0.1, 0.15) is 57.4 Å². The lowest BCUT2D eigenvalue weighted by Crippen LogP contribution is -2.56. The molecule has 1 heterocycles. The van der Waals surface area contributed by atoms with E-state index in [1.165, 1.54) is 31.0 Å². The van der Waals surface area contributed by atoms with Crippen LogP contribution in [0.2, 0.25) is 5.02 Å². The molecule has 0 bridgehead atoms. The van der Waals surface area contributed by atoms with Gasteiger partial charge in [-0.25, -0.2) is 4.39 Å². The summed E-state index contributed by atoms with van der Waals surface area (Å²) in [6.45, 7) is 3.63. The second-order valence-electron chi connectivity index (χ2n) is 7.67. The fourth-order valence-electron chi connectivity index (χ4n) is 4.47. The van der Waals surface area contributed by atoms with Crippen LogP contribution in [0.5, 0.6) is 0 Å². The number of hydrogen-bond donors (Lipinski definition) is 2. The maximum atomic E-state index is 13.6. The molecule has 6 heteroatoms. The van der Waals surface area contributed by atoms with E-state index < -0.39 is 23.1 Å². The number of allylic oxidation sites excluding steroid dienone is 2. The van der Waals surface area contributed by atoms with E-state index >= 15 is 0 Å². The number of nitrogens with one attached hydrogen (secondary N) is 1. The molecule has 3 unspecified atom stereocenters. The summed E-state index contributed by atoms with van der Waals surface area (Å²) in [4.78, 5) is 12.6. The highest BCUT2D eigenvalue weighted by Crippen LogP contribution is 2.53. The third kappa shape index (κ3) is 3.43. The molecule has 3 atom stereocenters. The number of benzene rings is 1. The highest BCUT2D eigenvalue weighted by Gasteiger charge is 2.56. The minimum atomic E-state index is -1.22. The zero-order valence-corrected chi connectivity index (χ0v) is 16.3. The van der Waals surface area contributed by atoms with Crippen LogP contribution in [0.25, 0.3) is 0 Å². The number of carboxylic acid groups (broad SMARTS) is 1. The molecule has 1 aromatic rings. The smallest absolute Gasteiger partial charge is 0.312 e. The van der Waals surface area contributed by atoms with Crippen LogP contribution in [-0.2, 0) is 4.79 Å². The molecule has 0 aromatic heterocycles. The molecule has 0 saturated heterocycles. The van der Waals surface area contributed by atoms with Crippen molar-refractivity contribution in [1.29, 1.82) is 5.26 Å². The Bertz CT molecular complexity index is 828. The lowest BCUT2D eigenvalue weighted by Gasteiger charge is -2.47. The minimum Gasteiger partial charge on any atom is -0.481 e. The molecule has 0 radical (unpaired) electrons. The van der Waals surface area contributed by atoms with Gasteiger partial charge in [-0.15, -0.1) is 0 Å². The molecule has 1 fully saturated rings. The Morgan fingerprint density at radius 1 is 1.44 bits per heavy atom. The monoisotopic (exact) mass is 390 g/mol. The van der Waals surface area contributed by atoms with E-state index in [4.69, 9.17) is 11.6 Å². The van der Waals surface area contributed by atoms with E-state index in [0.29, 0.717) is 29.2 Å². The number of carbonyl (C=O) groups is 1. The summed E-state index contributed by atoms with van der Waals surface area (Å²) in [5.74, 6) is -1.49. The molecule has 1 aliphatic heterocycles. The number of halogens is 2. The Balaban J connectivity index is 2.17. The van der Waals surface area contributed by atoms with Crippen LogP contribution < -0.4 is 5.32 Å². The van der Waals surface area contributed by atoms with Crippen molar-refractivity contribution >= 4 is 17.6 Å². The minimum absolute atomic E-state index is 0.155. The third-order valence-corrected chi connectivity index (χ3v) is 6.49. The fourth-order valence-corrected chi connectivity index (χ4v) is 4.75. The number of nitriles is 1. The molecule has 144 valence electrons. The van der Waals surface area contributed by atoms with Gasteiger partial charge in [0.25, 0.3) is 0 Å². The van der Waals surface area contributed by atoms with Crippen LogP contribution in [0.3, 0.4) is 0 Å². The van der Waals surface area contributed by atoms with Crippen molar-refractivity contribution in [1.82, 2.24) is 5.32 Å². The summed E-state index contributed by atoms with van der Waals surface area (Å²) in [6.07, 6.45) is 4.41. The zero-order chi connectivity index (χ0) is 19.8. The van der Waals surface area contributed by atoms with Crippen molar-refractivity contribution in [3.05, 3.63) is 45.9 Å². The van der Waals surface area contributed by atoms with Gasteiger partial charge in [0.2, 0.25) is 0 Å². The first kappa shape index (κ1) is 19.7. The fraction of sp³-hybridized carbons (Fsp3) is 0.524. The Morgan fingerprint density at radius 3 is 2.67 bits per heavy atom. The lowest BCUT2D eigenvalue weighted by atomic mass is 9.60. The summed E-state index contributed by atoms with van der Waals surface area (Å²) >= 11 is 6.32. The molecule has 2 N–H and O–H groups in total. The normalized spacial score (nSPS) is 27.8. The predicted octanol–water partition coefficient (Wildman–Crippen LogP) is 5.00. The van der Waals surface area contributed by atoms with Crippen LogP contribution in [-0.4, -0.2) is 17.1 Å². The lowest BCUT2D eigenvalue weighted by molar-refractivity contribution is -0.153. The second kappa shape index (κ2) is 7.52. The number of aliphatic carboxylic acids is 1. The summed E-state index contributed by atoms with van der Waals surface area (Å²) in [6, 6.07) is 5.85. The van der Waals surface area contributed by atoms with Crippen LogP contribution >= 0.6 is 11.6 Å². The van der Waals surface area contributed by atoms with Gasteiger partial charge in [-0.05, 0) is 49.8 Å². The molecule has 27 heavy (non-hydrogen) atoms. The summed E-state index contributed by atoms with van der Waals surface area (Å²) in [7, 11) is 0. The summed E-state index contributed by atoms with van der Waals surface area (Å²) in [5, 5.41) is 23.6. The summed E-state index contributed by atoms with van der Waals surface area (Å²) in [5.41, 5.74) is 0.307. The van der Waals surface area contributed by atoms with E-state index in [9.17, 15) is 19.6 Å². The van der Waals surface area contributed by atoms with E-state index in [1.54, 1.807) is 6.92 Å². The molecule has 0 spiro atoms. The average molecular weight is 391 g/mol. The van der Waals surface area contributed by atoms with Gasteiger partial charge >= 0.3 is 5.97 Å². The first-order chi connectivity index (χ1) is 12.8. The Labute approximate surface area is 164 Å². The van der Waals surface area contributed by atoms with E-state index in [1.807, 2.05) is 6.92 Å². The van der Waals surface area contributed by atoms with Gasteiger partial charge in [0.05, 0.1) is 17.1 Å². The van der Waals surface area contributed by atoms with Gasteiger partial charge in [-0.1, -0.05) is 37.4 Å². The Kier molecular flexibility index (Phi) is 5.48. The molecule has 2 aliphatic rings. The molecule has 0 amide bonds. The van der Waals surface area contributed by atoms with Gasteiger partial charge in [0.1, 0.15) is 5.82 Å². The largest absolute Gasteiger partial charge is 0.481 e. The Morgan fingerprint density at radius 2 is 2.15 bits per heavy atom. The van der Waals surface area contributed by atoms with Gasteiger partial charge in [-0.2, -0.15) is 5.26 Å². The zero-order valence-electron chi connectivity index (χ0n) is 15.6. The molecular formula is C21H24ClFN2O2. The van der Waals surface area contributed by atoms with Crippen LogP contribution in [0.4, 0.5) is 4.39 Å². The van der Waals surface area contributed by atoms with E-state index in [2.05, 4.69) is 11.4 Å². The SMILES string of the molecule is CCC1(C(=O)O)C(CCC2CC2)NC(C)=C(C#N)C1c1ccc(F)cc1Cl. The number of hydrogen-bond acceptors (Lipinski definition) is 3. The quantitative estimate of drug-likeness (QED) is 0.716. The van der Waals surface area contributed by atoms with Gasteiger partial charge < -0.3 is 10.4 Å².